The molecule has 0 radical (unpaired) electrons. The predicted molar refractivity (Wildman–Crippen MR) is 102 cm³/mol. The number of aromatic amines is 1. The Morgan fingerprint density at radius 1 is 1.08 bits per heavy atom. The first-order chi connectivity index (χ1) is 12.7. The van der Waals surface area contributed by atoms with Crippen LogP contribution in [-0.2, 0) is 0 Å². The van der Waals surface area contributed by atoms with Crippen molar-refractivity contribution in [1.29, 1.82) is 0 Å². The molecule has 1 aliphatic rings. The lowest BCUT2D eigenvalue weighted by atomic mass is 10.1. The van der Waals surface area contributed by atoms with E-state index in [1.165, 1.54) is 11.3 Å². The molecule has 4 aromatic rings. The fraction of sp³-hybridized carbons (Fsp3) is 0.0526. The van der Waals surface area contributed by atoms with E-state index in [0.29, 0.717) is 32.6 Å². The molecule has 0 spiro atoms. The van der Waals surface area contributed by atoms with Crippen LogP contribution in [0.1, 0.15) is 0 Å². The Labute approximate surface area is 156 Å². The lowest BCUT2D eigenvalue weighted by Crippen LogP contribution is -2.09. The van der Waals surface area contributed by atoms with Gasteiger partial charge in [0.25, 0.3) is 5.56 Å². The number of nitrogens with zero attached hydrogens (tertiary/aromatic N) is 1. The largest absolute Gasteiger partial charge is 0.454 e. The summed E-state index contributed by atoms with van der Waals surface area (Å²) >= 11 is 7.72. The Balaban J connectivity index is 1.68. The van der Waals surface area contributed by atoms with E-state index < -0.39 is 0 Å². The van der Waals surface area contributed by atoms with Gasteiger partial charge in [0, 0.05) is 27.1 Å². The van der Waals surface area contributed by atoms with E-state index in [0.717, 1.165) is 16.7 Å². The Hall–Kier alpha value is -2.83. The number of rotatable bonds is 2. The Kier molecular flexibility index (Phi) is 3.48. The Morgan fingerprint density at radius 3 is 2.81 bits per heavy atom. The summed E-state index contributed by atoms with van der Waals surface area (Å²) < 4.78 is 10.7. The lowest BCUT2D eigenvalue weighted by molar-refractivity contribution is 0.174. The van der Waals surface area contributed by atoms with Gasteiger partial charge in [-0.2, -0.15) is 0 Å². The van der Waals surface area contributed by atoms with Gasteiger partial charge >= 0.3 is 0 Å². The predicted octanol–water partition coefficient (Wildman–Crippen LogP) is 4.70. The van der Waals surface area contributed by atoms with Gasteiger partial charge in [-0.25, -0.2) is 4.98 Å². The number of thiophene rings is 1. The summed E-state index contributed by atoms with van der Waals surface area (Å²) in [7, 11) is 0. The first-order valence-electron chi connectivity index (χ1n) is 7.87. The average molecular weight is 383 g/mol. The minimum Gasteiger partial charge on any atom is -0.454 e. The van der Waals surface area contributed by atoms with Gasteiger partial charge < -0.3 is 14.5 Å². The maximum absolute atomic E-state index is 12.8. The summed E-state index contributed by atoms with van der Waals surface area (Å²) in [6.07, 6.45) is 0. The van der Waals surface area contributed by atoms with Crippen LogP contribution >= 0.6 is 22.9 Å². The number of nitrogens with one attached hydrogen (secondary N) is 1. The van der Waals surface area contributed by atoms with Crippen LogP contribution in [0.15, 0.2) is 52.6 Å². The van der Waals surface area contributed by atoms with Crippen LogP contribution in [0.3, 0.4) is 0 Å². The molecule has 3 heterocycles. The molecular weight excluding hydrogens is 372 g/mol. The molecule has 0 atom stereocenters. The third kappa shape index (κ3) is 2.38. The van der Waals surface area contributed by atoms with Gasteiger partial charge in [0.1, 0.15) is 10.7 Å². The number of aromatic nitrogens is 2. The summed E-state index contributed by atoms with van der Waals surface area (Å²) in [6, 6.07) is 12.9. The third-order valence-corrected chi connectivity index (χ3v) is 5.46. The number of halogens is 1. The summed E-state index contributed by atoms with van der Waals surface area (Å²) in [4.78, 5) is 21.0. The van der Waals surface area contributed by atoms with Crippen molar-refractivity contribution in [3.8, 4) is 34.0 Å². The van der Waals surface area contributed by atoms with E-state index in [-0.39, 0.29) is 12.4 Å². The number of hydrogen-bond donors (Lipinski definition) is 1. The second kappa shape index (κ2) is 5.86. The molecule has 0 bridgehead atoms. The second-order valence-electron chi connectivity index (χ2n) is 5.79. The first-order valence-corrected chi connectivity index (χ1v) is 9.13. The molecule has 128 valence electrons. The van der Waals surface area contributed by atoms with Crippen molar-refractivity contribution < 1.29 is 9.47 Å². The molecule has 0 saturated carbocycles. The molecule has 0 fully saturated rings. The van der Waals surface area contributed by atoms with Crippen LogP contribution < -0.4 is 15.0 Å². The van der Waals surface area contributed by atoms with Crippen LogP contribution in [0.2, 0.25) is 5.02 Å². The van der Waals surface area contributed by atoms with Gasteiger partial charge in [-0.3, -0.25) is 4.79 Å². The molecule has 0 aliphatic carbocycles. The molecular formula is C19H11ClN2O3S. The van der Waals surface area contributed by atoms with Gasteiger partial charge in [-0.15, -0.1) is 11.3 Å². The van der Waals surface area contributed by atoms with Crippen molar-refractivity contribution in [3.63, 3.8) is 0 Å². The van der Waals surface area contributed by atoms with Crippen molar-refractivity contribution in [2.75, 3.05) is 6.79 Å². The van der Waals surface area contributed by atoms with Gasteiger partial charge in [0.2, 0.25) is 6.79 Å². The summed E-state index contributed by atoms with van der Waals surface area (Å²) in [5.41, 5.74) is 2.19. The SMILES string of the molecule is O=c1[nH]c(-c2ccc3c(c2)OCO3)nc2scc(-c3ccccc3Cl)c12. The molecule has 1 aliphatic heterocycles. The van der Waals surface area contributed by atoms with Gasteiger partial charge in [0.15, 0.2) is 11.5 Å². The number of ether oxygens (including phenoxy) is 2. The highest BCUT2D eigenvalue weighted by molar-refractivity contribution is 7.17. The van der Waals surface area contributed by atoms with E-state index in [2.05, 4.69) is 9.97 Å². The highest BCUT2D eigenvalue weighted by Crippen LogP contribution is 2.37. The van der Waals surface area contributed by atoms with Gasteiger partial charge in [-0.05, 0) is 24.3 Å². The maximum Gasteiger partial charge on any atom is 0.260 e. The molecule has 2 aromatic carbocycles. The smallest absolute Gasteiger partial charge is 0.260 e. The average Bonchev–Trinajstić information content (AvgIpc) is 3.28. The highest BCUT2D eigenvalue weighted by atomic mass is 35.5. The van der Waals surface area contributed by atoms with E-state index in [1.54, 1.807) is 0 Å². The van der Waals surface area contributed by atoms with Crippen LogP contribution in [0.25, 0.3) is 32.7 Å². The molecule has 5 nitrogen and oxygen atoms in total. The van der Waals surface area contributed by atoms with Crippen molar-refractivity contribution >= 4 is 33.2 Å². The molecule has 2 aromatic heterocycles. The van der Waals surface area contributed by atoms with E-state index in [9.17, 15) is 4.79 Å². The summed E-state index contributed by atoms with van der Waals surface area (Å²) in [5, 5.41) is 3.07. The maximum atomic E-state index is 12.8. The monoisotopic (exact) mass is 382 g/mol. The lowest BCUT2D eigenvalue weighted by Gasteiger charge is -2.04. The number of benzene rings is 2. The number of fused-ring (bicyclic) bond motifs is 2. The van der Waals surface area contributed by atoms with Crippen LogP contribution in [-0.4, -0.2) is 16.8 Å². The zero-order valence-corrected chi connectivity index (χ0v) is 14.9. The first kappa shape index (κ1) is 15.4. The second-order valence-corrected chi connectivity index (χ2v) is 7.06. The fourth-order valence-corrected chi connectivity index (χ4v) is 4.18. The molecule has 7 heteroatoms. The fourth-order valence-electron chi connectivity index (χ4n) is 3.01. The standard InChI is InChI=1S/C19H11ClN2O3S/c20-13-4-2-1-3-11(13)12-8-26-19-16(12)18(23)21-17(22-19)10-5-6-14-15(7-10)25-9-24-14/h1-8H,9H2,(H,21,22,23). The summed E-state index contributed by atoms with van der Waals surface area (Å²) in [5.74, 6) is 1.83. The zero-order chi connectivity index (χ0) is 17.7. The van der Waals surface area contributed by atoms with Crippen LogP contribution in [0, 0.1) is 0 Å². The molecule has 0 unspecified atom stereocenters. The third-order valence-electron chi connectivity index (χ3n) is 4.25. The topological polar surface area (TPSA) is 64.2 Å². The van der Waals surface area contributed by atoms with Crippen molar-refractivity contribution in [2.45, 2.75) is 0 Å². The van der Waals surface area contributed by atoms with E-state index in [4.69, 9.17) is 21.1 Å². The molecule has 0 amide bonds. The summed E-state index contributed by atoms with van der Waals surface area (Å²) in [6.45, 7) is 0.202. The normalized spacial score (nSPS) is 12.7. The Morgan fingerprint density at radius 2 is 1.92 bits per heavy atom. The van der Waals surface area contributed by atoms with Crippen molar-refractivity contribution in [2.24, 2.45) is 0 Å². The van der Waals surface area contributed by atoms with Crippen molar-refractivity contribution in [3.05, 3.63) is 63.2 Å². The molecule has 26 heavy (non-hydrogen) atoms. The van der Waals surface area contributed by atoms with Crippen LogP contribution in [0.5, 0.6) is 11.5 Å². The molecule has 0 saturated heterocycles. The minimum atomic E-state index is -0.196. The minimum absolute atomic E-state index is 0.196. The Bertz CT molecular complexity index is 1220. The molecule has 5 rings (SSSR count). The quantitative estimate of drug-likeness (QED) is 0.545. The molecule has 1 N–H and O–H groups in total. The van der Waals surface area contributed by atoms with Gasteiger partial charge in [-0.1, -0.05) is 29.8 Å². The van der Waals surface area contributed by atoms with E-state index in [1.807, 2.05) is 47.8 Å². The van der Waals surface area contributed by atoms with Crippen LogP contribution in [0.4, 0.5) is 0 Å². The zero-order valence-electron chi connectivity index (χ0n) is 13.3. The highest BCUT2D eigenvalue weighted by Gasteiger charge is 2.18. The number of H-pyrrole nitrogens is 1. The number of hydrogen-bond acceptors (Lipinski definition) is 5. The van der Waals surface area contributed by atoms with Crippen molar-refractivity contribution in [1.82, 2.24) is 9.97 Å². The van der Waals surface area contributed by atoms with E-state index >= 15 is 0 Å². The van der Waals surface area contributed by atoms with Gasteiger partial charge in [0.05, 0.1) is 5.39 Å².